The fourth-order valence-electron chi connectivity index (χ4n) is 2.92. The minimum atomic E-state index is 0.235. The van der Waals surface area contributed by atoms with Gasteiger partial charge in [-0.05, 0) is 53.9 Å². The van der Waals surface area contributed by atoms with Gasteiger partial charge >= 0.3 is 0 Å². The van der Waals surface area contributed by atoms with Gasteiger partial charge in [0.1, 0.15) is 5.75 Å². The smallest absolute Gasteiger partial charge is 0.133 e. The minimum absolute atomic E-state index is 0.235. The molecule has 1 N–H and O–H groups in total. The van der Waals surface area contributed by atoms with Gasteiger partial charge in [0.25, 0.3) is 0 Å². The van der Waals surface area contributed by atoms with Crippen molar-refractivity contribution in [2.24, 2.45) is 0 Å². The first-order chi connectivity index (χ1) is 9.55. The largest absolute Gasteiger partial charge is 0.496 e. The Bertz CT molecular complexity index is 460. The molecule has 1 saturated heterocycles. The predicted octanol–water partition coefficient (Wildman–Crippen LogP) is 3.81. The lowest BCUT2D eigenvalue weighted by molar-refractivity contribution is 0.254. The molecular formula is C16H25BrN2O. The van der Waals surface area contributed by atoms with Crippen molar-refractivity contribution in [1.82, 2.24) is 5.32 Å². The second kappa shape index (κ2) is 6.35. The van der Waals surface area contributed by atoms with Gasteiger partial charge in [0, 0.05) is 30.4 Å². The van der Waals surface area contributed by atoms with Crippen molar-refractivity contribution in [1.29, 1.82) is 0 Å². The molecule has 0 aromatic heterocycles. The van der Waals surface area contributed by atoms with E-state index in [0.29, 0.717) is 6.04 Å². The summed E-state index contributed by atoms with van der Waals surface area (Å²) in [6.07, 6.45) is 2.31. The number of nitrogens with one attached hydrogen (secondary N) is 1. The lowest BCUT2D eigenvalue weighted by Gasteiger charge is -2.47. The van der Waals surface area contributed by atoms with E-state index < -0.39 is 0 Å². The van der Waals surface area contributed by atoms with Crippen LogP contribution in [0.2, 0.25) is 0 Å². The molecule has 2 rings (SSSR count). The van der Waals surface area contributed by atoms with Crippen molar-refractivity contribution in [3.63, 3.8) is 0 Å². The Hall–Kier alpha value is -0.740. The number of rotatable bonds is 4. The normalized spacial score (nSPS) is 21.9. The highest BCUT2D eigenvalue weighted by Gasteiger charge is 2.35. The number of benzene rings is 1. The van der Waals surface area contributed by atoms with E-state index in [0.717, 1.165) is 36.2 Å². The van der Waals surface area contributed by atoms with E-state index in [4.69, 9.17) is 4.74 Å². The Balaban J connectivity index is 2.27. The topological polar surface area (TPSA) is 24.5 Å². The molecule has 112 valence electrons. The van der Waals surface area contributed by atoms with Gasteiger partial charge in [-0.25, -0.2) is 0 Å². The molecule has 1 aromatic rings. The third-order valence-corrected chi connectivity index (χ3v) is 5.22. The minimum Gasteiger partial charge on any atom is -0.496 e. The summed E-state index contributed by atoms with van der Waals surface area (Å²) in [6, 6.07) is 6.85. The second-order valence-corrected chi connectivity index (χ2v) is 6.52. The molecule has 1 unspecified atom stereocenters. The molecule has 4 heteroatoms. The molecule has 1 aliphatic rings. The summed E-state index contributed by atoms with van der Waals surface area (Å²) in [4.78, 5) is 2.51. The van der Waals surface area contributed by atoms with Crippen molar-refractivity contribution in [3.05, 3.63) is 22.7 Å². The monoisotopic (exact) mass is 340 g/mol. The van der Waals surface area contributed by atoms with Gasteiger partial charge in [-0.2, -0.15) is 0 Å². The lowest BCUT2D eigenvalue weighted by Crippen LogP contribution is -2.63. The maximum Gasteiger partial charge on any atom is 0.133 e. The van der Waals surface area contributed by atoms with E-state index in [2.05, 4.69) is 59.1 Å². The van der Waals surface area contributed by atoms with Crippen molar-refractivity contribution in [3.8, 4) is 5.75 Å². The molecule has 0 spiro atoms. The van der Waals surface area contributed by atoms with Gasteiger partial charge in [0.2, 0.25) is 0 Å². The molecule has 0 radical (unpaired) electrons. The number of anilines is 1. The number of ether oxygens (including phenoxy) is 1. The van der Waals surface area contributed by atoms with Crippen LogP contribution in [0.3, 0.4) is 0 Å². The standard InChI is InChI=1S/C16H25BrN2O/c1-5-16(6-2)11-19(12(3)10-18-16)13-7-8-15(20-4)14(17)9-13/h7-9,12,18H,5-6,10-11H2,1-4H3. The van der Waals surface area contributed by atoms with Crippen LogP contribution in [0, 0.1) is 0 Å². The zero-order chi connectivity index (χ0) is 14.8. The highest BCUT2D eigenvalue weighted by molar-refractivity contribution is 9.10. The van der Waals surface area contributed by atoms with Gasteiger partial charge in [0.05, 0.1) is 11.6 Å². The van der Waals surface area contributed by atoms with Crippen LogP contribution in [0.5, 0.6) is 5.75 Å². The van der Waals surface area contributed by atoms with Crippen LogP contribution in [0.25, 0.3) is 0 Å². The first kappa shape index (κ1) is 15.6. The Morgan fingerprint density at radius 2 is 2.10 bits per heavy atom. The van der Waals surface area contributed by atoms with Gasteiger partial charge in [-0.1, -0.05) is 13.8 Å². The summed E-state index contributed by atoms with van der Waals surface area (Å²) in [5, 5.41) is 3.74. The zero-order valence-electron chi connectivity index (χ0n) is 12.9. The first-order valence-corrected chi connectivity index (χ1v) is 8.19. The zero-order valence-corrected chi connectivity index (χ0v) is 14.5. The fourth-order valence-corrected chi connectivity index (χ4v) is 3.44. The second-order valence-electron chi connectivity index (χ2n) is 5.66. The SMILES string of the molecule is CCC1(CC)CN(c2ccc(OC)c(Br)c2)C(C)CN1. The molecule has 20 heavy (non-hydrogen) atoms. The van der Waals surface area contributed by atoms with E-state index in [1.807, 2.05) is 6.07 Å². The quantitative estimate of drug-likeness (QED) is 0.901. The maximum atomic E-state index is 5.32. The maximum absolute atomic E-state index is 5.32. The molecular weight excluding hydrogens is 316 g/mol. The number of hydrogen-bond acceptors (Lipinski definition) is 3. The van der Waals surface area contributed by atoms with E-state index in [1.165, 1.54) is 5.69 Å². The highest BCUT2D eigenvalue weighted by Crippen LogP contribution is 2.33. The number of hydrogen-bond donors (Lipinski definition) is 1. The van der Waals surface area contributed by atoms with E-state index in [1.54, 1.807) is 7.11 Å². The molecule has 0 saturated carbocycles. The van der Waals surface area contributed by atoms with Crippen LogP contribution in [-0.2, 0) is 0 Å². The average Bonchev–Trinajstić information content (AvgIpc) is 2.48. The third kappa shape index (κ3) is 2.96. The van der Waals surface area contributed by atoms with Crippen LogP contribution in [0.4, 0.5) is 5.69 Å². The molecule has 1 aromatic carbocycles. The Morgan fingerprint density at radius 1 is 1.40 bits per heavy atom. The summed E-state index contributed by atoms with van der Waals surface area (Å²) < 4.78 is 6.34. The molecule has 0 aliphatic carbocycles. The van der Waals surface area contributed by atoms with Crippen LogP contribution < -0.4 is 15.0 Å². The molecule has 1 fully saturated rings. The lowest BCUT2D eigenvalue weighted by atomic mass is 9.88. The van der Waals surface area contributed by atoms with Crippen molar-refractivity contribution >= 4 is 21.6 Å². The Kier molecular flexibility index (Phi) is 4.97. The highest BCUT2D eigenvalue weighted by atomic mass is 79.9. The van der Waals surface area contributed by atoms with E-state index in [9.17, 15) is 0 Å². The van der Waals surface area contributed by atoms with E-state index in [-0.39, 0.29) is 5.54 Å². The van der Waals surface area contributed by atoms with Gasteiger partial charge in [-0.3, -0.25) is 0 Å². The third-order valence-electron chi connectivity index (χ3n) is 4.60. The molecule has 1 heterocycles. The van der Waals surface area contributed by atoms with Crippen LogP contribution in [0.15, 0.2) is 22.7 Å². The molecule has 1 atom stereocenters. The van der Waals surface area contributed by atoms with Crippen LogP contribution in [0.1, 0.15) is 33.6 Å². The summed E-state index contributed by atoms with van der Waals surface area (Å²) in [6.45, 7) is 8.91. The molecule has 1 aliphatic heterocycles. The summed E-state index contributed by atoms with van der Waals surface area (Å²) in [5.41, 5.74) is 1.50. The van der Waals surface area contributed by atoms with Crippen LogP contribution >= 0.6 is 15.9 Å². The summed E-state index contributed by atoms with van der Waals surface area (Å²) >= 11 is 3.59. The number of piperazine rings is 1. The molecule has 0 bridgehead atoms. The number of nitrogens with zero attached hydrogens (tertiary/aromatic N) is 1. The molecule has 0 amide bonds. The van der Waals surface area contributed by atoms with Crippen molar-refractivity contribution in [2.45, 2.75) is 45.2 Å². The van der Waals surface area contributed by atoms with Gasteiger partial charge in [0.15, 0.2) is 0 Å². The fraction of sp³-hybridized carbons (Fsp3) is 0.625. The Morgan fingerprint density at radius 3 is 2.65 bits per heavy atom. The van der Waals surface area contributed by atoms with Gasteiger partial charge < -0.3 is 15.0 Å². The molecule has 3 nitrogen and oxygen atoms in total. The summed E-state index contributed by atoms with van der Waals surface area (Å²) in [5.74, 6) is 0.883. The number of halogens is 1. The van der Waals surface area contributed by atoms with Crippen molar-refractivity contribution < 1.29 is 4.74 Å². The van der Waals surface area contributed by atoms with Crippen molar-refractivity contribution in [2.75, 3.05) is 25.1 Å². The predicted molar refractivity (Wildman–Crippen MR) is 88.8 cm³/mol. The average molecular weight is 341 g/mol. The summed E-state index contributed by atoms with van der Waals surface area (Å²) in [7, 11) is 1.70. The van der Waals surface area contributed by atoms with Gasteiger partial charge in [-0.15, -0.1) is 0 Å². The van der Waals surface area contributed by atoms with E-state index >= 15 is 0 Å². The first-order valence-electron chi connectivity index (χ1n) is 7.40. The number of methoxy groups -OCH3 is 1. The van der Waals surface area contributed by atoms with Crippen LogP contribution in [-0.4, -0.2) is 31.8 Å². The Labute approximate surface area is 130 Å².